The van der Waals surface area contributed by atoms with Crippen molar-refractivity contribution in [2.75, 3.05) is 0 Å². The Balaban J connectivity index is 1.91. The second kappa shape index (κ2) is 5.04. The molecule has 20 heavy (non-hydrogen) atoms. The fraction of sp³-hybridized carbons (Fsp3) is 0.154. The van der Waals surface area contributed by atoms with Gasteiger partial charge in [-0.25, -0.2) is 9.55 Å². The van der Waals surface area contributed by atoms with Gasteiger partial charge in [-0.2, -0.15) is 14.6 Å². The molecule has 100 valence electrons. The second-order valence-electron chi connectivity index (χ2n) is 4.25. The number of nitrogens with zero attached hydrogens (tertiary/aromatic N) is 5. The summed E-state index contributed by atoms with van der Waals surface area (Å²) in [6.45, 7) is 0.387. The van der Waals surface area contributed by atoms with Crippen LogP contribution in [0.25, 0.3) is 17.0 Å². The number of aliphatic carboxylic acids is 1. The first-order valence-corrected chi connectivity index (χ1v) is 6.08. The maximum atomic E-state index is 10.4. The Morgan fingerprint density at radius 2 is 2.05 bits per heavy atom. The maximum Gasteiger partial charge on any atom is 0.252 e. The highest BCUT2D eigenvalue weighted by molar-refractivity contribution is 5.63. The van der Waals surface area contributed by atoms with Crippen molar-refractivity contribution in [1.29, 1.82) is 0 Å². The first-order valence-electron chi connectivity index (χ1n) is 6.08. The Kier molecular flexibility index (Phi) is 3.08. The fourth-order valence-corrected chi connectivity index (χ4v) is 1.95. The fourth-order valence-electron chi connectivity index (χ4n) is 1.95. The van der Waals surface area contributed by atoms with Crippen molar-refractivity contribution in [3.63, 3.8) is 0 Å². The SMILES string of the molecule is O=C([O-])CC[n+]1ccc(-c2ccnc3ncnn23)cc1. The zero-order valence-electron chi connectivity index (χ0n) is 10.5. The van der Waals surface area contributed by atoms with Crippen molar-refractivity contribution in [1.82, 2.24) is 19.6 Å². The van der Waals surface area contributed by atoms with Gasteiger partial charge in [0, 0.05) is 36.3 Å². The van der Waals surface area contributed by atoms with Crippen LogP contribution in [0.2, 0.25) is 0 Å². The van der Waals surface area contributed by atoms with Crippen molar-refractivity contribution in [3.8, 4) is 11.3 Å². The molecule has 0 aliphatic carbocycles. The predicted octanol–water partition coefficient (Wildman–Crippen LogP) is -0.781. The van der Waals surface area contributed by atoms with Crippen molar-refractivity contribution in [2.45, 2.75) is 13.0 Å². The minimum atomic E-state index is -1.06. The normalized spacial score (nSPS) is 10.8. The topological polar surface area (TPSA) is 87.1 Å². The number of rotatable bonds is 4. The average molecular weight is 269 g/mol. The van der Waals surface area contributed by atoms with Gasteiger partial charge in [-0.15, -0.1) is 0 Å². The molecule has 0 spiro atoms. The average Bonchev–Trinajstić information content (AvgIpc) is 2.94. The molecule has 0 unspecified atom stereocenters. The van der Waals surface area contributed by atoms with Crippen molar-refractivity contribution >= 4 is 11.7 Å². The number of hydrogen-bond acceptors (Lipinski definition) is 5. The Labute approximate surface area is 114 Å². The number of pyridine rings is 1. The van der Waals surface area contributed by atoms with Gasteiger partial charge in [-0.1, -0.05) is 0 Å². The van der Waals surface area contributed by atoms with E-state index in [1.54, 1.807) is 15.3 Å². The first-order chi connectivity index (χ1) is 9.74. The number of fused-ring (bicyclic) bond motifs is 1. The molecule has 0 aliphatic heterocycles. The highest BCUT2D eigenvalue weighted by Crippen LogP contribution is 2.16. The molecule has 7 heteroatoms. The molecule has 0 fully saturated rings. The zero-order valence-corrected chi connectivity index (χ0v) is 10.5. The van der Waals surface area contributed by atoms with E-state index in [4.69, 9.17) is 0 Å². The molecular weight excluding hydrogens is 258 g/mol. The Morgan fingerprint density at radius 1 is 1.25 bits per heavy atom. The van der Waals surface area contributed by atoms with Gasteiger partial charge in [0.05, 0.1) is 5.69 Å². The molecule has 3 aromatic heterocycles. The number of aromatic nitrogens is 5. The molecule has 0 radical (unpaired) electrons. The third kappa shape index (κ3) is 2.33. The molecule has 0 N–H and O–H groups in total. The molecule has 7 nitrogen and oxygen atoms in total. The zero-order chi connectivity index (χ0) is 13.9. The van der Waals surface area contributed by atoms with Gasteiger partial charge < -0.3 is 9.90 Å². The highest BCUT2D eigenvalue weighted by Gasteiger charge is 2.08. The molecule has 3 rings (SSSR count). The molecule has 0 aliphatic rings. The van der Waals surface area contributed by atoms with Gasteiger partial charge in [0.1, 0.15) is 6.33 Å². The van der Waals surface area contributed by atoms with E-state index < -0.39 is 5.97 Å². The summed E-state index contributed by atoms with van der Waals surface area (Å²) in [6, 6.07) is 5.64. The van der Waals surface area contributed by atoms with Crippen LogP contribution in [0.1, 0.15) is 6.42 Å². The maximum absolute atomic E-state index is 10.4. The Bertz CT molecular complexity index is 751. The minimum Gasteiger partial charge on any atom is -0.550 e. The van der Waals surface area contributed by atoms with Gasteiger partial charge in [-0.05, 0) is 6.07 Å². The number of carbonyl (C=O) groups is 1. The molecule has 3 heterocycles. The van der Waals surface area contributed by atoms with Crippen molar-refractivity contribution in [2.24, 2.45) is 0 Å². The number of hydrogen-bond donors (Lipinski definition) is 0. The molecule has 0 bridgehead atoms. The molecule has 3 aromatic rings. The van der Waals surface area contributed by atoms with Crippen LogP contribution in [0.4, 0.5) is 0 Å². The quantitative estimate of drug-likeness (QED) is 0.580. The van der Waals surface area contributed by atoms with Gasteiger partial charge in [0.25, 0.3) is 5.78 Å². The van der Waals surface area contributed by atoms with Gasteiger partial charge in [0.15, 0.2) is 18.9 Å². The van der Waals surface area contributed by atoms with Crippen LogP contribution in [0.3, 0.4) is 0 Å². The number of carboxylic acids is 1. The summed E-state index contributed by atoms with van der Waals surface area (Å²) in [5.74, 6) is -0.517. The molecule has 0 aromatic carbocycles. The molecule has 0 amide bonds. The standard InChI is InChI=1S/C13H11N5O2/c19-12(20)4-8-17-6-2-10(3-7-17)11-1-5-14-13-15-9-16-18(11)13/h1-3,5-7,9H,4,8H2. The van der Waals surface area contributed by atoms with Crippen LogP contribution in [-0.4, -0.2) is 25.6 Å². The summed E-state index contributed by atoms with van der Waals surface area (Å²) < 4.78 is 3.44. The van der Waals surface area contributed by atoms with E-state index >= 15 is 0 Å². The summed E-state index contributed by atoms with van der Waals surface area (Å²) in [4.78, 5) is 18.6. The van der Waals surface area contributed by atoms with Gasteiger partial charge >= 0.3 is 0 Å². The smallest absolute Gasteiger partial charge is 0.252 e. The third-order valence-corrected chi connectivity index (χ3v) is 2.94. The van der Waals surface area contributed by atoms with E-state index in [2.05, 4.69) is 15.1 Å². The lowest BCUT2D eigenvalue weighted by Gasteiger charge is -2.03. The Hall–Kier alpha value is -2.83. The van der Waals surface area contributed by atoms with Crippen LogP contribution in [-0.2, 0) is 11.3 Å². The van der Waals surface area contributed by atoms with Gasteiger partial charge in [-0.3, -0.25) is 0 Å². The van der Waals surface area contributed by atoms with E-state index in [0.29, 0.717) is 12.3 Å². The van der Waals surface area contributed by atoms with Crippen LogP contribution in [0, 0.1) is 0 Å². The van der Waals surface area contributed by atoms with Gasteiger partial charge in [0.2, 0.25) is 0 Å². The lowest BCUT2D eigenvalue weighted by molar-refractivity contribution is -0.696. The first kappa shape index (κ1) is 12.2. The summed E-state index contributed by atoms with van der Waals surface area (Å²) >= 11 is 0. The van der Waals surface area contributed by atoms with Crippen molar-refractivity contribution in [3.05, 3.63) is 43.1 Å². The molecule has 0 saturated heterocycles. The van der Waals surface area contributed by atoms with Crippen LogP contribution in [0.5, 0.6) is 0 Å². The number of carboxylic acid groups (broad SMARTS) is 1. The monoisotopic (exact) mass is 269 g/mol. The van der Waals surface area contributed by atoms with E-state index in [-0.39, 0.29) is 6.42 Å². The number of aryl methyl sites for hydroxylation is 1. The largest absolute Gasteiger partial charge is 0.550 e. The molecule has 0 saturated carbocycles. The van der Waals surface area contributed by atoms with E-state index in [0.717, 1.165) is 11.3 Å². The predicted molar refractivity (Wildman–Crippen MR) is 66.0 cm³/mol. The van der Waals surface area contributed by atoms with Crippen LogP contribution >= 0.6 is 0 Å². The lowest BCUT2D eigenvalue weighted by atomic mass is 10.2. The van der Waals surface area contributed by atoms with Crippen LogP contribution in [0.15, 0.2) is 43.1 Å². The third-order valence-electron chi connectivity index (χ3n) is 2.94. The minimum absolute atomic E-state index is 0.00735. The second-order valence-corrected chi connectivity index (χ2v) is 4.25. The molecule has 0 atom stereocenters. The summed E-state index contributed by atoms with van der Waals surface area (Å²) in [6.07, 6.45) is 6.76. The van der Waals surface area contributed by atoms with Crippen molar-refractivity contribution < 1.29 is 14.5 Å². The number of carbonyl (C=O) groups excluding carboxylic acids is 1. The van der Waals surface area contributed by atoms with Crippen LogP contribution < -0.4 is 9.67 Å². The highest BCUT2D eigenvalue weighted by atomic mass is 16.4. The van der Waals surface area contributed by atoms with E-state index in [1.165, 1.54) is 6.33 Å². The van der Waals surface area contributed by atoms with E-state index in [9.17, 15) is 9.90 Å². The summed E-state index contributed by atoms with van der Waals surface area (Å²) in [7, 11) is 0. The van der Waals surface area contributed by atoms with E-state index in [1.807, 2.05) is 30.6 Å². The molecular formula is C13H11N5O2. The summed E-state index contributed by atoms with van der Waals surface area (Å²) in [5.41, 5.74) is 1.83. The lowest BCUT2D eigenvalue weighted by Crippen LogP contribution is -2.36. The Morgan fingerprint density at radius 3 is 2.80 bits per heavy atom. The summed E-state index contributed by atoms with van der Waals surface area (Å²) in [5, 5.41) is 14.6.